The first kappa shape index (κ1) is 15.4. The lowest BCUT2D eigenvalue weighted by Gasteiger charge is -2.17. The first-order valence-corrected chi connectivity index (χ1v) is 8.05. The number of carbonyl (C=O) groups excluding carboxylic acids is 1. The lowest BCUT2D eigenvalue weighted by molar-refractivity contribution is -0.118. The zero-order chi connectivity index (χ0) is 16.3. The predicted molar refractivity (Wildman–Crippen MR) is 91.0 cm³/mol. The van der Waals surface area contributed by atoms with Gasteiger partial charge in [0, 0.05) is 0 Å². The van der Waals surface area contributed by atoms with Crippen LogP contribution in [0.4, 0.5) is 0 Å². The van der Waals surface area contributed by atoms with Crippen LogP contribution in [0.1, 0.15) is 24.1 Å². The van der Waals surface area contributed by atoms with Gasteiger partial charge in [-0.2, -0.15) is 5.26 Å². The summed E-state index contributed by atoms with van der Waals surface area (Å²) in [4.78, 5) is 16.7. The highest BCUT2D eigenvalue weighted by atomic mass is 79.9. The van der Waals surface area contributed by atoms with Crippen molar-refractivity contribution in [1.82, 2.24) is 10.3 Å². The van der Waals surface area contributed by atoms with Crippen molar-refractivity contribution < 1.29 is 4.79 Å². The minimum atomic E-state index is -0.365. The van der Waals surface area contributed by atoms with Crippen molar-refractivity contribution in [2.24, 2.45) is 0 Å². The Bertz CT molecular complexity index is 805. The molecular weight excluding hydrogens is 354 g/mol. The van der Waals surface area contributed by atoms with Crippen LogP contribution >= 0.6 is 15.9 Å². The number of halogens is 1. The maximum Gasteiger partial charge on any atom is 0.262 e. The number of hydrogen-bond donors (Lipinski definition) is 1. The van der Waals surface area contributed by atoms with Gasteiger partial charge in [-0.15, -0.1) is 0 Å². The van der Waals surface area contributed by atoms with Crippen LogP contribution in [0.3, 0.4) is 0 Å². The largest absolute Gasteiger partial charge is 0.342 e. The smallest absolute Gasteiger partial charge is 0.262 e. The minimum Gasteiger partial charge on any atom is -0.342 e. The second-order valence-corrected chi connectivity index (χ2v) is 6.27. The number of nitrogens with zero attached hydrogens (tertiary/aromatic N) is 2. The van der Waals surface area contributed by atoms with E-state index in [0.29, 0.717) is 10.3 Å². The van der Waals surface area contributed by atoms with Crippen molar-refractivity contribution in [2.45, 2.75) is 18.4 Å². The first-order valence-electron chi connectivity index (χ1n) is 7.25. The van der Waals surface area contributed by atoms with Gasteiger partial charge in [-0.05, 0) is 52.5 Å². The quantitative estimate of drug-likeness (QED) is 0.510. The SMILES string of the molecule is N#C/C(=C\c1cccc(Br)n1)C(=O)NC1(c2ccccc2)CC1. The summed E-state index contributed by atoms with van der Waals surface area (Å²) >= 11 is 3.28. The van der Waals surface area contributed by atoms with Gasteiger partial charge in [0.2, 0.25) is 0 Å². The van der Waals surface area contributed by atoms with Gasteiger partial charge in [-0.25, -0.2) is 4.98 Å². The van der Waals surface area contributed by atoms with E-state index >= 15 is 0 Å². The second-order valence-electron chi connectivity index (χ2n) is 5.46. The summed E-state index contributed by atoms with van der Waals surface area (Å²) in [5, 5.41) is 12.3. The first-order chi connectivity index (χ1) is 11.1. The molecule has 1 aliphatic rings. The average Bonchev–Trinajstić information content (AvgIpc) is 3.34. The molecule has 1 N–H and O–H groups in total. The highest BCUT2D eigenvalue weighted by Gasteiger charge is 2.45. The molecule has 0 unspecified atom stereocenters. The number of carbonyl (C=O) groups is 1. The molecular formula is C18H14BrN3O. The van der Waals surface area contributed by atoms with Crippen molar-refractivity contribution in [1.29, 1.82) is 5.26 Å². The number of benzene rings is 1. The van der Waals surface area contributed by atoms with Crippen LogP contribution in [0.5, 0.6) is 0 Å². The Kier molecular flexibility index (Phi) is 4.26. The number of amides is 1. The van der Waals surface area contributed by atoms with Crippen LogP contribution in [0.25, 0.3) is 6.08 Å². The molecule has 4 nitrogen and oxygen atoms in total. The second kappa shape index (κ2) is 6.35. The number of hydrogen-bond acceptors (Lipinski definition) is 3. The van der Waals surface area contributed by atoms with Gasteiger partial charge in [0.15, 0.2) is 0 Å². The van der Waals surface area contributed by atoms with E-state index in [1.54, 1.807) is 12.1 Å². The van der Waals surface area contributed by atoms with Crippen molar-refractivity contribution in [3.05, 3.63) is 70.0 Å². The van der Waals surface area contributed by atoms with Gasteiger partial charge in [0.05, 0.1) is 11.2 Å². The minimum absolute atomic E-state index is 0.0535. The zero-order valence-corrected chi connectivity index (χ0v) is 13.9. The zero-order valence-electron chi connectivity index (χ0n) is 12.3. The van der Waals surface area contributed by atoms with Crippen LogP contribution in [0.2, 0.25) is 0 Å². The van der Waals surface area contributed by atoms with Crippen molar-refractivity contribution in [3.8, 4) is 6.07 Å². The number of nitrogens with one attached hydrogen (secondary N) is 1. The molecule has 1 fully saturated rings. The number of rotatable bonds is 4. The Morgan fingerprint density at radius 3 is 2.57 bits per heavy atom. The molecule has 1 heterocycles. The summed E-state index contributed by atoms with van der Waals surface area (Å²) < 4.78 is 0.659. The van der Waals surface area contributed by atoms with E-state index in [9.17, 15) is 10.1 Å². The van der Waals surface area contributed by atoms with E-state index in [2.05, 4.69) is 26.2 Å². The number of pyridine rings is 1. The molecule has 1 aromatic heterocycles. The van der Waals surface area contributed by atoms with E-state index in [0.717, 1.165) is 18.4 Å². The van der Waals surface area contributed by atoms with E-state index in [1.807, 2.05) is 42.5 Å². The van der Waals surface area contributed by atoms with Gasteiger partial charge in [0.1, 0.15) is 16.2 Å². The van der Waals surface area contributed by atoms with E-state index < -0.39 is 0 Å². The molecule has 0 bridgehead atoms. The third-order valence-electron chi connectivity index (χ3n) is 3.82. The van der Waals surface area contributed by atoms with Crippen LogP contribution in [-0.4, -0.2) is 10.9 Å². The Hall–Kier alpha value is -2.45. The predicted octanol–water partition coefficient (Wildman–Crippen LogP) is 3.56. The molecule has 2 aromatic rings. The molecule has 1 amide bonds. The Balaban J connectivity index is 1.81. The van der Waals surface area contributed by atoms with Crippen molar-refractivity contribution in [3.63, 3.8) is 0 Å². The Labute approximate surface area is 143 Å². The summed E-state index contributed by atoms with van der Waals surface area (Å²) in [6, 6.07) is 17.2. The fourth-order valence-electron chi connectivity index (χ4n) is 2.45. The Morgan fingerprint density at radius 1 is 1.22 bits per heavy atom. The van der Waals surface area contributed by atoms with Crippen LogP contribution < -0.4 is 5.32 Å². The van der Waals surface area contributed by atoms with E-state index in [4.69, 9.17) is 0 Å². The van der Waals surface area contributed by atoms with Crippen LogP contribution in [-0.2, 0) is 10.3 Å². The Morgan fingerprint density at radius 2 is 1.96 bits per heavy atom. The number of nitriles is 1. The summed E-state index contributed by atoms with van der Waals surface area (Å²) in [7, 11) is 0. The molecule has 0 radical (unpaired) electrons. The van der Waals surface area contributed by atoms with Gasteiger partial charge in [0.25, 0.3) is 5.91 Å². The van der Waals surface area contributed by atoms with Gasteiger partial charge in [-0.3, -0.25) is 4.79 Å². The molecule has 1 aromatic carbocycles. The topological polar surface area (TPSA) is 65.8 Å². The monoisotopic (exact) mass is 367 g/mol. The van der Waals surface area contributed by atoms with Crippen LogP contribution in [0.15, 0.2) is 58.7 Å². The van der Waals surface area contributed by atoms with Gasteiger partial charge >= 0.3 is 0 Å². The molecule has 5 heteroatoms. The maximum absolute atomic E-state index is 12.5. The van der Waals surface area contributed by atoms with Crippen molar-refractivity contribution in [2.75, 3.05) is 0 Å². The van der Waals surface area contributed by atoms with Crippen LogP contribution in [0, 0.1) is 11.3 Å². The molecule has 1 aliphatic carbocycles. The lowest BCUT2D eigenvalue weighted by Crippen LogP contribution is -2.35. The highest BCUT2D eigenvalue weighted by molar-refractivity contribution is 9.10. The molecule has 23 heavy (non-hydrogen) atoms. The highest BCUT2D eigenvalue weighted by Crippen LogP contribution is 2.45. The normalized spacial score (nSPS) is 15.6. The van der Waals surface area contributed by atoms with E-state index in [-0.39, 0.29) is 17.0 Å². The summed E-state index contributed by atoms with van der Waals surface area (Å²) in [6.07, 6.45) is 3.27. The third-order valence-corrected chi connectivity index (χ3v) is 4.26. The average molecular weight is 368 g/mol. The third kappa shape index (κ3) is 3.49. The molecule has 0 aliphatic heterocycles. The standard InChI is InChI=1S/C18H14BrN3O/c19-16-8-4-7-15(21-16)11-13(12-20)17(23)22-18(9-10-18)14-5-2-1-3-6-14/h1-8,11H,9-10H2,(H,22,23)/b13-11+. The van der Waals surface area contributed by atoms with E-state index in [1.165, 1.54) is 6.08 Å². The molecule has 3 rings (SSSR count). The lowest BCUT2D eigenvalue weighted by atomic mass is 10.0. The molecule has 0 atom stereocenters. The van der Waals surface area contributed by atoms with Gasteiger partial charge in [-0.1, -0.05) is 36.4 Å². The fraction of sp³-hybridized carbons (Fsp3) is 0.167. The fourth-order valence-corrected chi connectivity index (χ4v) is 2.81. The van der Waals surface area contributed by atoms with Crippen molar-refractivity contribution >= 4 is 27.9 Å². The number of aromatic nitrogens is 1. The summed E-state index contributed by atoms with van der Waals surface area (Å²) in [5.74, 6) is -0.365. The summed E-state index contributed by atoms with van der Waals surface area (Å²) in [5.41, 5.74) is 1.36. The molecule has 1 saturated carbocycles. The van der Waals surface area contributed by atoms with Gasteiger partial charge < -0.3 is 5.32 Å². The summed E-state index contributed by atoms with van der Waals surface area (Å²) in [6.45, 7) is 0. The molecule has 0 saturated heterocycles. The maximum atomic E-state index is 12.5. The molecule has 0 spiro atoms. The molecule has 114 valence electrons.